The van der Waals surface area contributed by atoms with Crippen molar-refractivity contribution in [1.82, 2.24) is 20.0 Å². The zero-order valence-electron chi connectivity index (χ0n) is 17.9. The smallest absolute Gasteiger partial charge is 0.251 e. The van der Waals surface area contributed by atoms with E-state index in [1.54, 1.807) is 0 Å². The third-order valence-corrected chi connectivity index (χ3v) is 6.57. The minimum Gasteiger partial charge on any atom is -0.345 e. The zero-order chi connectivity index (χ0) is 20.3. The van der Waals surface area contributed by atoms with E-state index in [-0.39, 0.29) is 11.4 Å². The molecule has 1 saturated heterocycles. The Morgan fingerprint density at radius 2 is 1.72 bits per heavy atom. The molecule has 5 heteroatoms. The monoisotopic (exact) mass is 394 g/mol. The van der Waals surface area contributed by atoms with Gasteiger partial charge in [-0.25, -0.2) is 0 Å². The Kier molecular flexibility index (Phi) is 6.04. The van der Waals surface area contributed by atoms with Crippen molar-refractivity contribution in [3.8, 4) is 0 Å². The first kappa shape index (κ1) is 20.1. The van der Waals surface area contributed by atoms with Gasteiger partial charge >= 0.3 is 0 Å². The summed E-state index contributed by atoms with van der Waals surface area (Å²) in [5, 5.41) is 7.99. The molecule has 29 heavy (non-hydrogen) atoms. The van der Waals surface area contributed by atoms with Gasteiger partial charge in [0.1, 0.15) is 0 Å². The lowest BCUT2D eigenvalue weighted by atomic mass is 9.81. The van der Waals surface area contributed by atoms with Crippen molar-refractivity contribution in [1.29, 1.82) is 0 Å². The van der Waals surface area contributed by atoms with E-state index < -0.39 is 0 Å². The number of nitrogens with one attached hydrogen (secondary N) is 1. The number of nitrogens with zero attached hydrogens (tertiary/aromatic N) is 3. The molecule has 2 aromatic rings. The summed E-state index contributed by atoms with van der Waals surface area (Å²) in [5.41, 5.74) is 4.06. The van der Waals surface area contributed by atoms with Crippen LogP contribution in [0.25, 0.3) is 0 Å². The highest BCUT2D eigenvalue weighted by Gasteiger charge is 2.36. The fourth-order valence-electron chi connectivity index (χ4n) is 5.00. The molecule has 1 aliphatic heterocycles. The third kappa shape index (κ3) is 4.89. The Morgan fingerprint density at radius 1 is 1.03 bits per heavy atom. The molecule has 1 amide bonds. The van der Waals surface area contributed by atoms with E-state index in [2.05, 4.69) is 40.4 Å². The Balaban J connectivity index is 1.42. The van der Waals surface area contributed by atoms with E-state index in [4.69, 9.17) is 0 Å². The summed E-state index contributed by atoms with van der Waals surface area (Å²) in [7, 11) is 0. The molecule has 1 aromatic carbocycles. The summed E-state index contributed by atoms with van der Waals surface area (Å²) in [6, 6.07) is 10.1. The van der Waals surface area contributed by atoms with Crippen LogP contribution in [0.2, 0.25) is 0 Å². The highest BCUT2D eigenvalue weighted by molar-refractivity contribution is 5.94. The van der Waals surface area contributed by atoms with Gasteiger partial charge in [0.05, 0.1) is 17.8 Å². The Labute approximate surface area is 174 Å². The zero-order valence-corrected chi connectivity index (χ0v) is 17.9. The molecule has 1 aliphatic carbocycles. The van der Waals surface area contributed by atoms with Crippen LogP contribution in [0.1, 0.15) is 72.3 Å². The maximum atomic E-state index is 13.1. The van der Waals surface area contributed by atoms with Crippen LogP contribution in [0.15, 0.2) is 30.3 Å². The summed E-state index contributed by atoms with van der Waals surface area (Å²) in [6.45, 7) is 8.19. The number of likely N-dealkylation sites (tertiary alicyclic amines) is 1. The minimum atomic E-state index is -0.0535. The fourth-order valence-corrected chi connectivity index (χ4v) is 5.00. The van der Waals surface area contributed by atoms with Gasteiger partial charge in [0.2, 0.25) is 0 Å². The number of benzene rings is 1. The first-order chi connectivity index (χ1) is 14.0. The molecule has 2 fully saturated rings. The molecule has 1 saturated carbocycles. The lowest BCUT2D eigenvalue weighted by Crippen LogP contribution is -2.56. The van der Waals surface area contributed by atoms with Gasteiger partial charge in [-0.05, 0) is 76.4 Å². The molecule has 156 valence electrons. The average molecular weight is 395 g/mol. The quantitative estimate of drug-likeness (QED) is 0.803. The molecule has 1 N–H and O–H groups in total. The standard InChI is InChI=1S/C24H34N4O/c1-19-16-20(2)28(26-19)17-21-8-10-22(11-9-21)23(29)25-24(12-4-3-5-13-24)18-27-14-6-7-15-27/h8-11,16H,3-7,12-15,17-18H2,1-2H3,(H,25,29). The molecular formula is C24H34N4O. The molecule has 0 atom stereocenters. The van der Waals surface area contributed by atoms with Gasteiger partial charge in [0.25, 0.3) is 5.91 Å². The number of rotatable bonds is 6. The second kappa shape index (κ2) is 8.70. The first-order valence-corrected chi connectivity index (χ1v) is 11.2. The highest BCUT2D eigenvalue weighted by Crippen LogP contribution is 2.30. The predicted molar refractivity (Wildman–Crippen MR) is 116 cm³/mol. The van der Waals surface area contributed by atoms with E-state index >= 15 is 0 Å². The maximum Gasteiger partial charge on any atom is 0.251 e. The number of amides is 1. The van der Waals surface area contributed by atoms with Gasteiger partial charge in [-0.3, -0.25) is 9.48 Å². The second-order valence-electron chi connectivity index (χ2n) is 9.06. The minimum absolute atomic E-state index is 0.0535. The normalized spacial score (nSPS) is 19.4. The molecule has 4 rings (SSSR count). The van der Waals surface area contributed by atoms with Crippen molar-refractivity contribution < 1.29 is 4.79 Å². The molecule has 2 heterocycles. The number of aryl methyl sites for hydroxylation is 2. The largest absolute Gasteiger partial charge is 0.345 e. The number of hydrogen-bond donors (Lipinski definition) is 1. The van der Waals surface area contributed by atoms with Crippen LogP contribution < -0.4 is 5.32 Å². The van der Waals surface area contributed by atoms with Gasteiger partial charge in [0, 0.05) is 17.8 Å². The van der Waals surface area contributed by atoms with Gasteiger partial charge in [-0.2, -0.15) is 5.10 Å². The van der Waals surface area contributed by atoms with E-state index in [9.17, 15) is 4.79 Å². The Bertz CT molecular complexity index is 827. The van der Waals surface area contributed by atoms with Crippen molar-refractivity contribution in [2.45, 2.75) is 70.9 Å². The fraction of sp³-hybridized carbons (Fsp3) is 0.583. The summed E-state index contributed by atoms with van der Waals surface area (Å²) >= 11 is 0. The lowest BCUT2D eigenvalue weighted by molar-refractivity contribution is 0.0822. The van der Waals surface area contributed by atoms with Crippen LogP contribution in [0.5, 0.6) is 0 Å². The maximum absolute atomic E-state index is 13.1. The highest BCUT2D eigenvalue weighted by atomic mass is 16.1. The SMILES string of the molecule is Cc1cc(C)n(Cc2ccc(C(=O)NC3(CN4CCCC4)CCCCC3)cc2)n1. The molecule has 1 aromatic heterocycles. The van der Waals surface area contributed by atoms with Crippen LogP contribution in [0.3, 0.4) is 0 Å². The average Bonchev–Trinajstić information content (AvgIpc) is 3.32. The van der Waals surface area contributed by atoms with Crippen LogP contribution in [-0.4, -0.2) is 45.8 Å². The molecule has 5 nitrogen and oxygen atoms in total. The van der Waals surface area contributed by atoms with Crippen molar-refractivity contribution in [2.75, 3.05) is 19.6 Å². The first-order valence-electron chi connectivity index (χ1n) is 11.2. The van der Waals surface area contributed by atoms with Gasteiger partial charge < -0.3 is 10.2 Å². The van der Waals surface area contributed by atoms with Crippen molar-refractivity contribution in [3.63, 3.8) is 0 Å². The topological polar surface area (TPSA) is 50.2 Å². The molecule has 0 unspecified atom stereocenters. The van der Waals surface area contributed by atoms with Crippen LogP contribution in [0, 0.1) is 13.8 Å². The van der Waals surface area contributed by atoms with Crippen LogP contribution in [-0.2, 0) is 6.54 Å². The number of carbonyl (C=O) groups excluding carboxylic acids is 1. The van der Waals surface area contributed by atoms with E-state index in [1.807, 2.05) is 23.7 Å². The summed E-state index contributed by atoms with van der Waals surface area (Å²) in [6.07, 6.45) is 8.52. The van der Waals surface area contributed by atoms with Gasteiger partial charge in [-0.1, -0.05) is 31.4 Å². The Hall–Kier alpha value is -2.14. The summed E-state index contributed by atoms with van der Waals surface area (Å²) in [5.74, 6) is 0.0729. The van der Waals surface area contributed by atoms with E-state index in [1.165, 1.54) is 45.2 Å². The number of carbonyl (C=O) groups is 1. The van der Waals surface area contributed by atoms with Gasteiger partial charge in [-0.15, -0.1) is 0 Å². The second-order valence-corrected chi connectivity index (χ2v) is 9.06. The molecule has 2 aliphatic rings. The molecule has 0 spiro atoms. The van der Waals surface area contributed by atoms with Crippen molar-refractivity contribution in [2.24, 2.45) is 0 Å². The van der Waals surface area contributed by atoms with Crippen LogP contribution >= 0.6 is 0 Å². The number of aromatic nitrogens is 2. The molecule has 0 bridgehead atoms. The molecular weight excluding hydrogens is 360 g/mol. The summed E-state index contributed by atoms with van der Waals surface area (Å²) < 4.78 is 2.01. The summed E-state index contributed by atoms with van der Waals surface area (Å²) in [4.78, 5) is 15.6. The van der Waals surface area contributed by atoms with E-state index in [0.717, 1.165) is 48.4 Å². The number of hydrogen-bond acceptors (Lipinski definition) is 3. The van der Waals surface area contributed by atoms with Crippen molar-refractivity contribution >= 4 is 5.91 Å². The molecule has 0 radical (unpaired) electrons. The third-order valence-electron chi connectivity index (χ3n) is 6.57. The van der Waals surface area contributed by atoms with Crippen molar-refractivity contribution in [3.05, 3.63) is 52.8 Å². The lowest BCUT2D eigenvalue weighted by Gasteiger charge is -2.41. The van der Waals surface area contributed by atoms with Crippen LogP contribution in [0.4, 0.5) is 0 Å². The Morgan fingerprint density at radius 3 is 2.34 bits per heavy atom. The van der Waals surface area contributed by atoms with E-state index in [0.29, 0.717) is 0 Å². The predicted octanol–water partition coefficient (Wildman–Crippen LogP) is 4.08. The van der Waals surface area contributed by atoms with Gasteiger partial charge in [0.15, 0.2) is 0 Å².